The number of piperazine rings is 1. The third-order valence-corrected chi connectivity index (χ3v) is 3.65. The summed E-state index contributed by atoms with van der Waals surface area (Å²) in [6.07, 6.45) is 1.06. The molecule has 1 heterocycles. The Morgan fingerprint density at radius 3 is 2.81 bits per heavy atom. The van der Waals surface area contributed by atoms with Crippen LogP contribution >= 0.6 is 0 Å². The molecule has 1 aromatic rings. The van der Waals surface area contributed by atoms with Crippen molar-refractivity contribution in [3.8, 4) is 0 Å². The number of aryl methyl sites for hydroxylation is 1. The minimum absolute atomic E-state index is 0.134. The van der Waals surface area contributed by atoms with Crippen LogP contribution in [0.15, 0.2) is 18.2 Å². The van der Waals surface area contributed by atoms with Gasteiger partial charge in [-0.3, -0.25) is 9.59 Å². The van der Waals surface area contributed by atoms with E-state index in [1.807, 2.05) is 6.92 Å². The molecule has 1 fully saturated rings. The molecule has 1 atom stereocenters. The first kappa shape index (κ1) is 15.4. The fourth-order valence-electron chi connectivity index (χ4n) is 2.51. The van der Waals surface area contributed by atoms with E-state index in [2.05, 4.69) is 5.32 Å². The van der Waals surface area contributed by atoms with Gasteiger partial charge in [-0.25, -0.2) is 8.78 Å². The zero-order valence-electron chi connectivity index (χ0n) is 11.9. The summed E-state index contributed by atoms with van der Waals surface area (Å²) in [5.41, 5.74) is 0.566. The van der Waals surface area contributed by atoms with Gasteiger partial charge in [0.2, 0.25) is 11.8 Å². The quantitative estimate of drug-likeness (QED) is 0.918. The van der Waals surface area contributed by atoms with E-state index in [0.29, 0.717) is 31.5 Å². The average Bonchev–Trinajstić information content (AvgIpc) is 2.48. The lowest BCUT2D eigenvalue weighted by Crippen LogP contribution is -2.56. The number of nitrogens with zero attached hydrogens (tertiary/aromatic N) is 1. The van der Waals surface area contributed by atoms with Gasteiger partial charge in [-0.2, -0.15) is 0 Å². The Bertz CT molecular complexity index is 548. The lowest BCUT2D eigenvalue weighted by molar-refractivity contribution is -0.143. The minimum atomic E-state index is -0.913. The summed E-state index contributed by atoms with van der Waals surface area (Å²) < 4.78 is 25.9. The van der Waals surface area contributed by atoms with Crippen molar-refractivity contribution in [3.05, 3.63) is 35.4 Å². The molecule has 1 aliphatic heterocycles. The molecule has 1 saturated heterocycles. The summed E-state index contributed by atoms with van der Waals surface area (Å²) in [6, 6.07) is 3.18. The number of amides is 2. The van der Waals surface area contributed by atoms with E-state index >= 15 is 0 Å². The molecule has 2 amide bonds. The number of hydrogen-bond acceptors (Lipinski definition) is 2. The van der Waals surface area contributed by atoms with E-state index in [-0.39, 0.29) is 18.2 Å². The van der Waals surface area contributed by atoms with Crippen molar-refractivity contribution in [2.24, 2.45) is 0 Å². The summed E-state index contributed by atoms with van der Waals surface area (Å²) in [7, 11) is 0. The van der Waals surface area contributed by atoms with Crippen LogP contribution in [-0.2, 0) is 16.0 Å². The van der Waals surface area contributed by atoms with E-state index in [4.69, 9.17) is 0 Å². The second-order valence-electron chi connectivity index (χ2n) is 5.05. The van der Waals surface area contributed by atoms with Crippen LogP contribution in [0.1, 0.15) is 25.3 Å². The van der Waals surface area contributed by atoms with E-state index in [1.54, 1.807) is 4.90 Å². The Hall–Kier alpha value is -1.98. The Morgan fingerprint density at radius 2 is 2.14 bits per heavy atom. The zero-order chi connectivity index (χ0) is 15.4. The van der Waals surface area contributed by atoms with Gasteiger partial charge in [0, 0.05) is 19.5 Å². The van der Waals surface area contributed by atoms with Gasteiger partial charge >= 0.3 is 0 Å². The third kappa shape index (κ3) is 3.56. The van der Waals surface area contributed by atoms with Gasteiger partial charge in [-0.1, -0.05) is 13.0 Å². The third-order valence-electron chi connectivity index (χ3n) is 3.65. The van der Waals surface area contributed by atoms with Crippen molar-refractivity contribution in [1.82, 2.24) is 10.2 Å². The molecule has 0 spiro atoms. The van der Waals surface area contributed by atoms with E-state index in [0.717, 1.165) is 12.1 Å². The number of halogens is 2. The Labute approximate surface area is 122 Å². The van der Waals surface area contributed by atoms with Crippen LogP contribution in [0.25, 0.3) is 0 Å². The SMILES string of the molecule is CCC1C(=O)NCCN1C(=O)CCc1ccc(F)c(F)c1. The first-order chi connectivity index (χ1) is 10.0. The maximum atomic E-state index is 13.1. The number of hydrogen-bond donors (Lipinski definition) is 1. The van der Waals surface area contributed by atoms with Crippen molar-refractivity contribution < 1.29 is 18.4 Å². The monoisotopic (exact) mass is 296 g/mol. The Kier molecular flexibility index (Phi) is 4.88. The lowest BCUT2D eigenvalue weighted by atomic mass is 10.1. The molecule has 6 heteroatoms. The predicted molar refractivity (Wildman–Crippen MR) is 73.5 cm³/mol. The molecule has 0 radical (unpaired) electrons. The van der Waals surface area contributed by atoms with Crippen molar-refractivity contribution in [2.45, 2.75) is 32.2 Å². The fourth-order valence-corrected chi connectivity index (χ4v) is 2.51. The van der Waals surface area contributed by atoms with Crippen LogP contribution < -0.4 is 5.32 Å². The number of benzene rings is 1. The van der Waals surface area contributed by atoms with Crippen LogP contribution in [0.5, 0.6) is 0 Å². The van der Waals surface area contributed by atoms with Crippen LogP contribution in [0.2, 0.25) is 0 Å². The van der Waals surface area contributed by atoms with E-state index in [1.165, 1.54) is 6.07 Å². The van der Waals surface area contributed by atoms with Gasteiger partial charge in [0.1, 0.15) is 6.04 Å². The molecule has 114 valence electrons. The summed E-state index contributed by atoms with van der Waals surface area (Å²) in [4.78, 5) is 25.5. The molecule has 0 aliphatic carbocycles. The molecular weight excluding hydrogens is 278 g/mol. The number of rotatable bonds is 4. The maximum absolute atomic E-state index is 13.1. The summed E-state index contributed by atoms with van der Waals surface area (Å²) in [5.74, 6) is -2.08. The molecule has 1 N–H and O–H groups in total. The first-order valence-corrected chi connectivity index (χ1v) is 7.04. The molecule has 21 heavy (non-hydrogen) atoms. The molecule has 1 unspecified atom stereocenters. The van der Waals surface area contributed by atoms with Crippen molar-refractivity contribution in [3.63, 3.8) is 0 Å². The highest BCUT2D eigenvalue weighted by molar-refractivity contribution is 5.88. The normalized spacial score (nSPS) is 18.5. The van der Waals surface area contributed by atoms with E-state index < -0.39 is 17.7 Å². The molecule has 1 aliphatic rings. The second kappa shape index (κ2) is 6.65. The number of carbonyl (C=O) groups is 2. The highest BCUT2D eigenvalue weighted by atomic mass is 19.2. The highest BCUT2D eigenvalue weighted by Crippen LogP contribution is 2.14. The average molecular weight is 296 g/mol. The van der Waals surface area contributed by atoms with Gasteiger partial charge in [0.05, 0.1) is 0 Å². The lowest BCUT2D eigenvalue weighted by Gasteiger charge is -2.34. The van der Waals surface area contributed by atoms with Crippen LogP contribution in [0, 0.1) is 11.6 Å². The minimum Gasteiger partial charge on any atom is -0.353 e. The van der Waals surface area contributed by atoms with Gasteiger partial charge in [0.25, 0.3) is 0 Å². The van der Waals surface area contributed by atoms with Crippen molar-refractivity contribution >= 4 is 11.8 Å². The smallest absolute Gasteiger partial charge is 0.242 e. The first-order valence-electron chi connectivity index (χ1n) is 7.04. The topological polar surface area (TPSA) is 49.4 Å². The fraction of sp³-hybridized carbons (Fsp3) is 0.467. The summed E-state index contributed by atoms with van der Waals surface area (Å²) in [5, 5.41) is 2.73. The molecule has 2 rings (SSSR count). The van der Waals surface area contributed by atoms with Crippen LogP contribution in [0.4, 0.5) is 8.78 Å². The van der Waals surface area contributed by atoms with Gasteiger partial charge in [-0.05, 0) is 30.5 Å². The van der Waals surface area contributed by atoms with Gasteiger partial charge < -0.3 is 10.2 Å². The second-order valence-corrected chi connectivity index (χ2v) is 5.05. The number of carbonyl (C=O) groups excluding carboxylic acids is 2. The van der Waals surface area contributed by atoms with Gasteiger partial charge in [-0.15, -0.1) is 0 Å². The summed E-state index contributed by atoms with van der Waals surface area (Å²) >= 11 is 0. The largest absolute Gasteiger partial charge is 0.353 e. The molecule has 4 nitrogen and oxygen atoms in total. The predicted octanol–water partition coefficient (Wildman–Crippen LogP) is 1.63. The Morgan fingerprint density at radius 1 is 1.38 bits per heavy atom. The number of nitrogens with one attached hydrogen (secondary N) is 1. The molecule has 0 aromatic heterocycles. The van der Waals surface area contributed by atoms with Crippen LogP contribution in [0.3, 0.4) is 0 Å². The maximum Gasteiger partial charge on any atom is 0.242 e. The van der Waals surface area contributed by atoms with Gasteiger partial charge in [0.15, 0.2) is 11.6 Å². The molecular formula is C15H18F2N2O2. The molecule has 1 aromatic carbocycles. The van der Waals surface area contributed by atoms with E-state index in [9.17, 15) is 18.4 Å². The Balaban J connectivity index is 1.97. The van der Waals surface area contributed by atoms with Crippen molar-refractivity contribution in [1.29, 1.82) is 0 Å². The standard InChI is InChI=1S/C15H18F2N2O2/c1-2-13-15(21)18-7-8-19(13)14(20)6-4-10-3-5-11(16)12(17)9-10/h3,5,9,13H,2,4,6-8H2,1H3,(H,18,21). The molecule has 0 saturated carbocycles. The highest BCUT2D eigenvalue weighted by Gasteiger charge is 2.30. The van der Waals surface area contributed by atoms with Crippen molar-refractivity contribution in [2.75, 3.05) is 13.1 Å². The van der Waals surface area contributed by atoms with Crippen LogP contribution in [-0.4, -0.2) is 35.8 Å². The summed E-state index contributed by atoms with van der Waals surface area (Å²) in [6.45, 7) is 2.79. The zero-order valence-corrected chi connectivity index (χ0v) is 11.9. The molecule has 0 bridgehead atoms.